The first-order valence-electron chi connectivity index (χ1n) is 13.8. The number of allylic oxidation sites excluding steroid dienone is 2. The Balaban J connectivity index is 1.20. The molecule has 4 aromatic rings. The van der Waals surface area contributed by atoms with Gasteiger partial charge in [0.05, 0.1) is 23.9 Å². The van der Waals surface area contributed by atoms with E-state index >= 15 is 0 Å². The molecular formula is C34H31ClN2O4S. The predicted molar refractivity (Wildman–Crippen MR) is 168 cm³/mol. The number of anilines is 1. The van der Waals surface area contributed by atoms with Crippen LogP contribution in [0.2, 0.25) is 5.02 Å². The maximum absolute atomic E-state index is 12.8. The molecule has 42 heavy (non-hydrogen) atoms. The summed E-state index contributed by atoms with van der Waals surface area (Å²) < 4.78 is 36.5. The number of nitrogens with one attached hydrogen (secondary N) is 1. The molecule has 214 valence electrons. The second-order valence-electron chi connectivity index (χ2n) is 10.8. The van der Waals surface area contributed by atoms with Crippen molar-refractivity contribution in [2.75, 3.05) is 12.4 Å². The van der Waals surface area contributed by atoms with E-state index in [0.717, 1.165) is 17.7 Å². The Hall–Kier alpha value is -4.07. The molecular weight excluding hydrogens is 568 g/mol. The van der Waals surface area contributed by atoms with E-state index in [2.05, 4.69) is 59.7 Å². The average molecular weight is 599 g/mol. The summed E-state index contributed by atoms with van der Waals surface area (Å²) in [6.07, 6.45) is 7.36. The first-order chi connectivity index (χ1) is 20.2. The lowest BCUT2D eigenvalue weighted by molar-refractivity contribution is 0.390. The van der Waals surface area contributed by atoms with Crippen LogP contribution in [0.4, 0.5) is 11.4 Å². The molecule has 8 heteroatoms. The molecule has 1 aliphatic heterocycles. The van der Waals surface area contributed by atoms with E-state index in [4.69, 9.17) is 20.5 Å². The van der Waals surface area contributed by atoms with Crippen LogP contribution in [0.5, 0.6) is 11.5 Å². The molecule has 0 saturated carbocycles. The number of nitrogens with zero attached hydrogens (tertiary/aromatic N) is 1. The summed E-state index contributed by atoms with van der Waals surface area (Å²) in [6, 6.07) is 24.7. The third-order valence-corrected chi connectivity index (χ3v) is 9.40. The first-order valence-corrected chi connectivity index (χ1v) is 15.6. The van der Waals surface area contributed by atoms with Gasteiger partial charge in [-0.15, -0.1) is 0 Å². The number of halogens is 1. The molecule has 0 saturated heterocycles. The number of aliphatic imine (C=N–C) groups is 1. The zero-order valence-corrected chi connectivity index (χ0v) is 25.1. The third-order valence-electron chi connectivity index (χ3n) is 7.89. The molecule has 0 aromatic heterocycles. The SMILES string of the molecule is COc1cc(C=Nc2ccc([C@@H]3Nc4ccc(C)cc4[C@@H]4C=CC[C@H]43)cc2)cc(Cl)c1OS(=O)(=O)c1ccc(C)cc1. The molecule has 0 fully saturated rings. The van der Waals surface area contributed by atoms with E-state index in [1.54, 1.807) is 30.5 Å². The molecule has 4 aromatic carbocycles. The van der Waals surface area contributed by atoms with Gasteiger partial charge in [0.25, 0.3) is 0 Å². The van der Waals surface area contributed by atoms with Gasteiger partial charge in [0.2, 0.25) is 5.75 Å². The van der Waals surface area contributed by atoms with E-state index in [-0.39, 0.29) is 27.5 Å². The highest BCUT2D eigenvalue weighted by Gasteiger charge is 2.37. The maximum Gasteiger partial charge on any atom is 0.339 e. The Labute approximate surface area is 251 Å². The van der Waals surface area contributed by atoms with Crippen LogP contribution in [0.3, 0.4) is 0 Å². The summed E-state index contributed by atoms with van der Waals surface area (Å²) in [4.78, 5) is 4.65. The van der Waals surface area contributed by atoms with Gasteiger partial charge in [0.1, 0.15) is 4.90 Å². The topological polar surface area (TPSA) is 77.0 Å². The van der Waals surface area contributed by atoms with Crippen molar-refractivity contribution in [2.45, 2.75) is 37.1 Å². The minimum Gasteiger partial charge on any atom is -0.493 e. The number of hydrogen-bond acceptors (Lipinski definition) is 6. The number of benzene rings is 4. The number of ether oxygens (including phenoxy) is 1. The maximum atomic E-state index is 12.8. The van der Waals surface area contributed by atoms with Crippen molar-refractivity contribution in [1.82, 2.24) is 0 Å². The van der Waals surface area contributed by atoms with Gasteiger partial charge in [0.15, 0.2) is 5.75 Å². The molecule has 0 amide bonds. The van der Waals surface area contributed by atoms with Gasteiger partial charge in [-0.05, 0) is 85.3 Å². The second-order valence-corrected chi connectivity index (χ2v) is 12.8. The Morgan fingerprint density at radius 2 is 1.69 bits per heavy atom. The summed E-state index contributed by atoms with van der Waals surface area (Å²) in [5.74, 6) is 1.01. The number of methoxy groups -OCH3 is 1. The summed E-state index contributed by atoms with van der Waals surface area (Å²) >= 11 is 6.47. The molecule has 0 spiro atoms. The number of aryl methyl sites for hydroxylation is 2. The van der Waals surface area contributed by atoms with Crippen LogP contribution in [0.25, 0.3) is 0 Å². The van der Waals surface area contributed by atoms with Crippen LogP contribution in [-0.2, 0) is 10.1 Å². The van der Waals surface area contributed by atoms with Crippen LogP contribution >= 0.6 is 11.6 Å². The Morgan fingerprint density at radius 1 is 0.952 bits per heavy atom. The van der Waals surface area contributed by atoms with Crippen molar-refractivity contribution in [3.8, 4) is 11.5 Å². The predicted octanol–water partition coefficient (Wildman–Crippen LogP) is 8.31. The minimum atomic E-state index is -4.10. The lowest BCUT2D eigenvalue weighted by Gasteiger charge is -2.37. The molecule has 6 rings (SSSR count). The van der Waals surface area contributed by atoms with E-state index < -0.39 is 10.1 Å². The lowest BCUT2D eigenvalue weighted by atomic mass is 9.76. The van der Waals surface area contributed by atoms with Crippen LogP contribution < -0.4 is 14.2 Å². The molecule has 6 nitrogen and oxygen atoms in total. The van der Waals surface area contributed by atoms with Crippen LogP contribution in [0.1, 0.15) is 46.2 Å². The third kappa shape index (κ3) is 5.54. The highest BCUT2D eigenvalue weighted by Crippen LogP contribution is 2.50. The van der Waals surface area contributed by atoms with E-state index in [0.29, 0.717) is 17.4 Å². The van der Waals surface area contributed by atoms with Crippen LogP contribution in [0.15, 0.2) is 101 Å². The molecule has 0 bridgehead atoms. The van der Waals surface area contributed by atoms with E-state index in [1.165, 1.54) is 41.6 Å². The standard InChI is InChI=1S/C34H31ClN2O4S/c1-21-7-14-26(15-8-21)42(38,39)41-34-30(35)18-23(19-32(34)40-3)20-36-25-12-10-24(11-13-25)33-28-6-4-5-27(28)29-17-22(2)9-16-31(29)37-33/h4-5,7-20,27-28,33,37H,6H2,1-3H3/t27-,28-,33+/m1/s1. The van der Waals surface area contributed by atoms with Gasteiger partial charge in [-0.3, -0.25) is 4.99 Å². The fourth-order valence-corrected chi connectivity index (χ4v) is 6.98. The van der Waals surface area contributed by atoms with Gasteiger partial charge in [-0.25, -0.2) is 0 Å². The van der Waals surface area contributed by atoms with Crippen molar-refractivity contribution >= 4 is 39.3 Å². The Morgan fingerprint density at radius 3 is 2.43 bits per heavy atom. The van der Waals surface area contributed by atoms with Gasteiger partial charge >= 0.3 is 10.1 Å². The molecule has 1 N–H and O–H groups in total. The largest absolute Gasteiger partial charge is 0.493 e. The normalized spacial score (nSPS) is 19.3. The van der Waals surface area contributed by atoms with Crippen molar-refractivity contribution in [3.63, 3.8) is 0 Å². The molecule has 3 atom stereocenters. The van der Waals surface area contributed by atoms with Crippen LogP contribution in [-0.4, -0.2) is 21.7 Å². The van der Waals surface area contributed by atoms with Crippen LogP contribution in [0, 0.1) is 19.8 Å². The monoisotopic (exact) mass is 598 g/mol. The highest BCUT2D eigenvalue weighted by molar-refractivity contribution is 7.87. The van der Waals surface area contributed by atoms with Gasteiger partial charge in [-0.2, -0.15) is 8.42 Å². The molecule has 1 heterocycles. The summed E-state index contributed by atoms with van der Waals surface area (Å²) in [7, 11) is -2.67. The average Bonchev–Trinajstić information content (AvgIpc) is 3.48. The summed E-state index contributed by atoms with van der Waals surface area (Å²) in [5.41, 5.74) is 7.44. The van der Waals surface area contributed by atoms with E-state index in [9.17, 15) is 8.42 Å². The summed E-state index contributed by atoms with van der Waals surface area (Å²) in [6.45, 7) is 4.02. The van der Waals surface area contributed by atoms with Gasteiger partial charge < -0.3 is 14.2 Å². The first kappa shape index (κ1) is 28.1. The van der Waals surface area contributed by atoms with Crippen molar-refractivity contribution in [2.24, 2.45) is 10.9 Å². The zero-order chi connectivity index (χ0) is 29.4. The van der Waals surface area contributed by atoms with Crippen molar-refractivity contribution in [3.05, 3.63) is 124 Å². The smallest absolute Gasteiger partial charge is 0.339 e. The fraction of sp³-hybridized carbons (Fsp3) is 0.206. The molecule has 0 unspecified atom stereocenters. The highest BCUT2D eigenvalue weighted by atomic mass is 35.5. The van der Waals surface area contributed by atoms with Crippen molar-refractivity contribution < 1.29 is 17.3 Å². The molecule has 1 aliphatic carbocycles. The van der Waals surface area contributed by atoms with Gasteiger partial charge in [0, 0.05) is 17.8 Å². The summed E-state index contributed by atoms with van der Waals surface area (Å²) in [5, 5.41) is 3.88. The lowest BCUT2D eigenvalue weighted by Crippen LogP contribution is -2.29. The zero-order valence-electron chi connectivity index (χ0n) is 23.5. The quantitative estimate of drug-likeness (QED) is 0.131. The number of rotatable bonds is 7. The second kappa shape index (κ2) is 11.3. The van der Waals surface area contributed by atoms with E-state index in [1.807, 2.05) is 19.1 Å². The van der Waals surface area contributed by atoms with Crippen molar-refractivity contribution in [1.29, 1.82) is 0 Å². The number of fused-ring (bicyclic) bond motifs is 3. The fourth-order valence-electron chi connectivity index (χ4n) is 5.72. The number of hydrogen-bond donors (Lipinski definition) is 1. The van der Waals surface area contributed by atoms with Gasteiger partial charge in [-0.1, -0.05) is 71.3 Å². The molecule has 2 aliphatic rings. The minimum absolute atomic E-state index is 0.0303. The molecule has 0 radical (unpaired) electrons. The Bertz CT molecular complexity index is 1800. The Kier molecular flexibility index (Phi) is 7.56.